The molecule has 110 valence electrons. The molecule has 2 aromatic heterocycles. The number of rotatable bonds is 2. The Balaban J connectivity index is 1.90. The Morgan fingerprint density at radius 3 is 2.57 bits per heavy atom. The second-order valence-electron chi connectivity index (χ2n) is 5.75. The van der Waals surface area contributed by atoms with Crippen LogP contribution in [0, 0.1) is 11.3 Å². The number of hydrogen-bond donors (Lipinski definition) is 0. The van der Waals surface area contributed by atoms with Gasteiger partial charge in [-0.3, -0.25) is 4.98 Å². The van der Waals surface area contributed by atoms with Crippen LogP contribution < -0.4 is 0 Å². The van der Waals surface area contributed by atoms with Crippen LogP contribution in [0.4, 0.5) is 0 Å². The molecule has 2 aromatic carbocycles. The van der Waals surface area contributed by atoms with Gasteiger partial charge in [0.25, 0.3) is 0 Å². The third kappa shape index (κ3) is 2.16. The number of hydrogen-bond acceptors (Lipinski definition) is 2. The van der Waals surface area contributed by atoms with Gasteiger partial charge in [0.1, 0.15) is 0 Å². The normalized spacial score (nSPS) is 11.0. The highest BCUT2D eigenvalue weighted by Gasteiger charge is 2.12. The summed E-state index contributed by atoms with van der Waals surface area (Å²) in [5.41, 5.74) is 5.46. The summed E-state index contributed by atoms with van der Waals surface area (Å²) in [6.07, 6.45) is 4.69. The van der Waals surface area contributed by atoms with Crippen molar-refractivity contribution in [2.45, 2.75) is 6.42 Å². The van der Waals surface area contributed by atoms with E-state index in [4.69, 9.17) is 5.26 Å². The van der Waals surface area contributed by atoms with Gasteiger partial charge in [-0.15, -0.1) is 0 Å². The molecule has 3 nitrogen and oxygen atoms in total. The van der Waals surface area contributed by atoms with Gasteiger partial charge in [0.05, 0.1) is 23.3 Å². The monoisotopic (exact) mass is 297 g/mol. The summed E-state index contributed by atoms with van der Waals surface area (Å²) in [7, 11) is 2.08. The standard InChI is InChI=1S/C20H15N3/c1-23-18-5-3-2-4-17(18)20-16(12-22-13-19(20)23)10-14-6-8-15(11-21)9-7-14/h2-9,12-13H,10H2,1H3. The van der Waals surface area contributed by atoms with Crippen molar-refractivity contribution in [1.29, 1.82) is 5.26 Å². The highest BCUT2D eigenvalue weighted by molar-refractivity contribution is 6.09. The van der Waals surface area contributed by atoms with Crippen molar-refractivity contribution >= 4 is 21.8 Å². The molecule has 4 aromatic rings. The summed E-state index contributed by atoms with van der Waals surface area (Å²) < 4.78 is 2.19. The van der Waals surface area contributed by atoms with Crippen molar-refractivity contribution in [3.63, 3.8) is 0 Å². The number of para-hydroxylation sites is 1. The van der Waals surface area contributed by atoms with E-state index in [2.05, 4.69) is 46.9 Å². The van der Waals surface area contributed by atoms with E-state index in [0.717, 1.165) is 11.9 Å². The van der Waals surface area contributed by atoms with Crippen molar-refractivity contribution in [1.82, 2.24) is 9.55 Å². The summed E-state index contributed by atoms with van der Waals surface area (Å²) in [4.78, 5) is 4.43. The molecule has 4 rings (SSSR count). The lowest BCUT2D eigenvalue weighted by Crippen LogP contribution is -1.92. The molecule has 0 aliphatic carbocycles. The van der Waals surface area contributed by atoms with Crippen molar-refractivity contribution < 1.29 is 0 Å². The fourth-order valence-electron chi connectivity index (χ4n) is 3.22. The van der Waals surface area contributed by atoms with Gasteiger partial charge in [0.2, 0.25) is 0 Å². The molecule has 0 amide bonds. The van der Waals surface area contributed by atoms with Crippen LogP contribution >= 0.6 is 0 Å². The largest absolute Gasteiger partial charge is 0.342 e. The second-order valence-corrected chi connectivity index (χ2v) is 5.75. The number of fused-ring (bicyclic) bond motifs is 3. The minimum absolute atomic E-state index is 0.690. The Labute approximate surface area is 134 Å². The van der Waals surface area contributed by atoms with E-state index in [1.807, 2.05) is 36.7 Å². The predicted molar refractivity (Wildman–Crippen MR) is 92.2 cm³/mol. The molecule has 0 saturated carbocycles. The quantitative estimate of drug-likeness (QED) is 0.556. The fourth-order valence-corrected chi connectivity index (χ4v) is 3.22. The fraction of sp³-hybridized carbons (Fsp3) is 0.100. The van der Waals surface area contributed by atoms with E-state index < -0.39 is 0 Å². The molecule has 0 aliphatic heterocycles. The van der Waals surface area contributed by atoms with Gasteiger partial charge in [-0.05, 0) is 35.7 Å². The van der Waals surface area contributed by atoms with Gasteiger partial charge >= 0.3 is 0 Å². The summed E-state index contributed by atoms with van der Waals surface area (Å²) >= 11 is 0. The smallest absolute Gasteiger partial charge is 0.0991 e. The molecule has 2 heterocycles. The highest BCUT2D eigenvalue weighted by Crippen LogP contribution is 2.31. The molecule has 0 aliphatic rings. The number of nitrogens with zero attached hydrogens (tertiary/aromatic N) is 3. The Kier molecular flexibility index (Phi) is 3.09. The number of nitriles is 1. The van der Waals surface area contributed by atoms with Gasteiger partial charge < -0.3 is 4.57 Å². The molecule has 0 atom stereocenters. The zero-order chi connectivity index (χ0) is 15.8. The lowest BCUT2D eigenvalue weighted by molar-refractivity contribution is 1.01. The van der Waals surface area contributed by atoms with Gasteiger partial charge in [-0.1, -0.05) is 30.3 Å². The number of aromatic nitrogens is 2. The first kappa shape index (κ1) is 13.5. The van der Waals surface area contributed by atoms with Crippen LogP contribution in [0.3, 0.4) is 0 Å². The Morgan fingerprint density at radius 1 is 1.00 bits per heavy atom. The number of benzene rings is 2. The van der Waals surface area contributed by atoms with Gasteiger partial charge in [-0.2, -0.15) is 5.26 Å². The summed E-state index contributed by atoms with van der Waals surface area (Å²) in [6, 6.07) is 18.4. The zero-order valence-corrected chi connectivity index (χ0v) is 12.8. The molecular weight excluding hydrogens is 282 g/mol. The maximum atomic E-state index is 8.92. The molecule has 0 fully saturated rings. The third-order valence-corrected chi connectivity index (χ3v) is 4.38. The van der Waals surface area contributed by atoms with Crippen LogP contribution in [0.15, 0.2) is 60.9 Å². The SMILES string of the molecule is Cn1c2ccccc2c2c(Cc3ccc(C#N)cc3)cncc21. The molecule has 0 bridgehead atoms. The molecule has 3 heteroatoms. The lowest BCUT2D eigenvalue weighted by atomic mass is 10.0. The van der Waals surface area contributed by atoms with E-state index in [0.29, 0.717) is 5.56 Å². The van der Waals surface area contributed by atoms with Crippen molar-refractivity contribution in [3.8, 4) is 6.07 Å². The summed E-state index contributed by atoms with van der Waals surface area (Å²) in [6.45, 7) is 0. The Morgan fingerprint density at radius 2 is 1.78 bits per heavy atom. The molecule has 23 heavy (non-hydrogen) atoms. The van der Waals surface area contributed by atoms with Crippen LogP contribution in [0.5, 0.6) is 0 Å². The highest BCUT2D eigenvalue weighted by atomic mass is 14.9. The average Bonchev–Trinajstić information content (AvgIpc) is 2.90. The number of aryl methyl sites for hydroxylation is 1. The van der Waals surface area contributed by atoms with Gasteiger partial charge in [0.15, 0.2) is 0 Å². The molecule has 0 N–H and O–H groups in total. The van der Waals surface area contributed by atoms with Crippen molar-refractivity contribution in [3.05, 3.63) is 77.6 Å². The van der Waals surface area contributed by atoms with Gasteiger partial charge in [0, 0.05) is 29.5 Å². The molecule has 0 saturated heterocycles. The maximum absolute atomic E-state index is 8.92. The van der Waals surface area contributed by atoms with Crippen LogP contribution in [0.1, 0.15) is 16.7 Å². The van der Waals surface area contributed by atoms with E-state index in [9.17, 15) is 0 Å². The second kappa shape index (κ2) is 5.26. The van der Waals surface area contributed by atoms with Gasteiger partial charge in [-0.25, -0.2) is 0 Å². The molecule has 0 spiro atoms. The van der Waals surface area contributed by atoms with E-state index >= 15 is 0 Å². The van der Waals surface area contributed by atoms with Crippen LogP contribution in [-0.4, -0.2) is 9.55 Å². The van der Waals surface area contributed by atoms with Crippen LogP contribution in [0.25, 0.3) is 21.8 Å². The minimum atomic E-state index is 0.690. The summed E-state index contributed by atoms with van der Waals surface area (Å²) in [5, 5.41) is 11.4. The van der Waals surface area contributed by atoms with E-state index in [1.54, 1.807) is 0 Å². The molecule has 0 unspecified atom stereocenters. The number of pyridine rings is 1. The summed E-state index contributed by atoms with van der Waals surface area (Å²) in [5.74, 6) is 0. The average molecular weight is 297 g/mol. The molecule has 0 radical (unpaired) electrons. The van der Waals surface area contributed by atoms with E-state index in [1.165, 1.54) is 27.4 Å². The first-order valence-corrected chi connectivity index (χ1v) is 7.57. The first-order chi connectivity index (χ1) is 11.3. The minimum Gasteiger partial charge on any atom is -0.342 e. The molecular formula is C20H15N3. The Bertz CT molecular complexity index is 1050. The predicted octanol–water partition coefficient (Wildman–Crippen LogP) is 4.19. The van der Waals surface area contributed by atoms with Crippen LogP contribution in [-0.2, 0) is 13.5 Å². The van der Waals surface area contributed by atoms with Crippen LogP contribution in [0.2, 0.25) is 0 Å². The van der Waals surface area contributed by atoms with Crippen molar-refractivity contribution in [2.75, 3.05) is 0 Å². The lowest BCUT2D eigenvalue weighted by Gasteiger charge is -2.05. The van der Waals surface area contributed by atoms with Crippen molar-refractivity contribution in [2.24, 2.45) is 7.05 Å². The topological polar surface area (TPSA) is 41.6 Å². The zero-order valence-electron chi connectivity index (χ0n) is 12.8. The Hall–Kier alpha value is -3.12. The van der Waals surface area contributed by atoms with E-state index in [-0.39, 0.29) is 0 Å². The first-order valence-electron chi connectivity index (χ1n) is 7.57. The third-order valence-electron chi connectivity index (χ3n) is 4.38. The maximum Gasteiger partial charge on any atom is 0.0991 e.